The fourth-order valence-electron chi connectivity index (χ4n) is 0.775. The maximum atomic E-state index is 8.21. The number of benzene rings is 1. The summed E-state index contributed by atoms with van der Waals surface area (Å²) < 4.78 is 0. The maximum Gasteiger partial charge on any atom is 0.330 e. The first kappa shape index (κ1) is 6.76. The first-order valence-corrected chi connectivity index (χ1v) is 3.19. The Hall–Kier alpha value is -1.36. The second kappa shape index (κ2) is 2.98. The van der Waals surface area contributed by atoms with Crippen LogP contribution in [0, 0.1) is 12.3 Å². The lowest BCUT2D eigenvalue weighted by Gasteiger charge is -1.89. The highest BCUT2D eigenvalue weighted by Crippen LogP contribution is 2.03. The van der Waals surface area contributed by atoms with Gasteiger partial charge in [0.1, 0.15) is 4.98 Å². The van der Waals surface area contributed by atoms with E-state index < -0.39 is 0 Å². The van der Waals surface area contributed by atoms with Crippen LogP contribution in [0.3, 0.4) is 0 Å². The van der Waals surface area contributed by atoms with Gasteiger partial charge in [-0.2, -0.15) is 0 Å². The van der Waals surface area contributed by atoms with E-state index in [0.29, 0.717) is 6.54 Å². The molecule has 0 amide bonds. The number of rotatable bonds is 1. The third-order valence-electron chi connectivity index (χ3n) is 1.37. The van der Waals surface area contributed by atoms with Gasteiger partial charge in [0.25, 0.3) is 0 Å². The van der Waals surface area contributed by atoms with Gasteiger partial charge in [0.2, 0.25) is 5.39 Å². The van der Waals surface area contributed by atoms with Crippen LogP contribution in [0.15, 0.2) is 24.3 Å². The van der Waals surface area contributed by atoms with Gasteiger partial charge in [-0.1, -0.05) is 29.8 Å². The molecule has 0 saturated carbocycles. The van der Waals surface area contributed by atoms with E-state index in [1.54, 1.807) is 0 Å². The summed E-state index contributed by atoms with van der Waals surface area (Å²) in [6, 6.07) is 7.91. The molecular weight excluding hydrogens is 124 g/mol. The average Bonchev–Trinajstić information content (AvgIpc) is 1.95. The molecule has 0 aliphatic heterocycles. The molecule has 0 atom stereocenters. The smallest absolute Gasteiger partial charge is 0.0588 e. The number of hydrogen-bond acceptors (Lipinski definition) is 1. The van der Waals surface area contributed by atoms with Crippen LogP contribution in [0.4, 0.5) is 0 Å². The summed E-state index contributed by atoms with van der Waals surface area (Å²) in [5.41, 5.74) is 2.26. The minimum absolute atomic E-state index is 0.389. The molecule has 1 aromatic rings. The fourth-order valence-corrected chi connectivity index (χ4v) is 0.775. The highest BCUT2D eigenvalue weighted by atomic mass is 14.8. The largest absolute Gasteiger partial charge is 0.330 e. The summed E-state index contributed by atoms with van der Waals surface area (Å²) in [4.78, 5) is 3.04. The minimum Gasteiger partial charge on any atom is -0.0588 e. The number of hydrogen-bond donors (Lipinski definition) is 0. The Kier molecular flexibility index (Phi) is 2.01. The minimum atomic E-state index is 0.389. The molecule has 2 nitrogen and oxygen atoms in total. The molecule has 0 aliphatic rings. The highest BCUT2D eigenvalue weighted by molar-refractivity contribution is 5.21. The quantitative estimate of drug-likeness (QED) is 0.540. The van der Waals surface area contributed by atoms with Gasteiger partial charge in [-0.15, -0.1) is 0 Å². The van der Waals surface area contributed by atoms with E-state index in [2.05, 4.69) is 4.98 Å². The molecule has 0 spiro atoms. The topological polar surface area (TPSA) is 28.1 Å². The van der Waals surface area contributed by atoms with E-state index in [1.807, 2.05) is 31.2 Å². The van der Waals surface area contributed by atoms with Crippen LogP contribution in [-0.4, -0.2) is 0 Å². The monoisotopic (exact) mass is 133 g/mol. The van der Waals surface area contributed by atoms with Crippen LogP contribution in [0.5, 0.6) is 0 Å². The van der Waals surface area contributed by atoms with Gasteiger partial charge in [-0.3, -0.25) is 0 Å². The number of aryl methyl sites for hydroxylation is 1. The number of nitrogens with zero attached hydrogens (tertiary/aromatic N) is 2. The maximum absolute atomic E-state index is 8.21. The standard InChI is InChI=1S/C8H9N2/c1-7-2-4-8(5-3-7)6-10-9/h2-5H,6H2,1H3/q+1. The summed E-state index contributed by atoms with van der Waals surface area (Å²) in [5.74, 6) is 0. The molecule has 2 heteroatoms. The van der Waals surface area contributed by atoms with Gasteiger partial charge >= 0.3 is 6.54 Å². The van der Waals surface area contributed by atoms with Gasteiger partial charge in [-0.05, 0) is 6.92 Å². The summed E-state index contributed by atoms with van der Waals surface area (Å²) >= 11 is 0. The molecule has 0 unspecified atom stereocenters. The summed E-state index contributed by atoms with van der Waals surface area (Å²) in [5, 5.41) is 8.21. The molecule has 0 bridgehead atoms. The zero-order chi connectivity index (χ0) is 7.40. The van der Waals surface area contributed by atoms with Crippen molar-refractivity contribution in [3.05, 3.63) is 40.4 Å². The van der Waals surface area contributed by atoms with E-state index in [1.165, 1.54) is 5.56 Å². The van der Waals surface area contributed by atoms with Crippen molar-refractivity contribution in [1.82, 2.24) is 0 Å². The van der Waals surface area contributed by atoms with E-state index in [0.717, 1.165) is 5.56 Å². The van der Waals surface area contributed by atoms with E-state index in [-0.39, 0.29) is 0 Å². The van der Waals surface area contributed by atoms with Crippen molar-refractivity contribution in [2.24, 2.45) is 0 Å². The molecule has 0 heterocycles. The first-order valence-electron chi connectivity index (χ1n) is 3.19. The first-order chi connectivity index (χ1) is 4.83. The van der Waals surface area contributed by atoms with Crippen molar-refractivity contribution in [3.63, 3.8) is 0 Å². The van der Waals surface area contributed by atoms with Crippen molar-refractivity contribution in [2.45, 2.75) is 13.5 Å². The third-order valence-corrected chi connectivity index (χ3v) is 1.37. The predicted octanol–water partition coefficient (Wildman–Crippen LogP) is 2.35. The van der Waals surface area contributed by atoms with Gasteiger partial charge in [-0.25, -0.2) is 0 Å². The zero-order valence-electron chi connectivity index (χ0n) is 5.91. The molecule has 10 heavy (non-hydrogen) atoms. The molecule has 0 saturated heterocycles. The molecule has 0 radical (unpaired) electrons. The summed E-state index contributed by atoms with van der Waals surface area (Å²) in [6.07, 6.45) is 0. The van der Waals surface area contributed by atoms with E-state index >= 15 is 0 Å². The van der Waals surface area contributed by atoms with Crippen molar-refractivity contribution < 1.29 is 0 Å². The number of diazo groups is 1. The predicted molar refractivity (Wildman–Crippen MR) is 40.0 cm³/mol. The summed E-state index contributed by atoms with van der Waals surface area (Å²) in [7, 11) is 0. The second-order valence-electron chi connectivity index (χ2n) is 2.29. The average molecular weight is 133 g/mol. The molecule has 0 fully saturated rings. The normalized spacial score (nSPS) is 8.80. The van der Waals surface area contributed by atoms with Gasteiger partial charge in [0.15, 0.2) is 0 Å². The fraction of sp³-hybridized carbons (Fsp3) is 0.250. The Morgan fingerprint density at radius 3 is 2.40 bits per heavy atom. The van der Waals surface area contributed by atoms with Gasteiger partial charge in [0.05, 0.1) is 0 Å². The Labute approximate surface area is 60.1 Å². The Balaban J connectivity index is 2.81. The summed E-state index contributed by atoms with van der Waals surface area (Å²) in [6.45, 7) is 2.42. The lowest BCUT2D eigenvalue weighted by atomic mass is 10.2. The molecule has 0 aliphatic carbocycles. The molecule has 0 N–H and O–H groups in total. The lowest BCUT2D eigenvalue weighted by molar-refractivity contribution is 1.19. The van der Waals surface area contributed by atoms with Crippen LogP contribution >= 0.6 is 0 Å². The van der Waals surface area contributed by atoms with Crippen LogP contribution in [-0.2, 0) is 6.54 Å². The van der Waals surface area contributed by atoms with Gasteiger partial charge < -0.3 is 0 Å². The Morgan fingerprint density at radius 2 is 1.90 bits per heavy atom. The van der Waals surface area contributed by atoms with Crippen molar-refractivity contribution in [2.75, 3.05) is 0 Å². The van der Waals surface area contributed by atoms with E-state index in [4.69, 9.17) is 5.39 Å². The Morgan fingerprint density at radius 1 is 1.30 bits per heavy atom. The van der Waals surface area contributed by atoms with Crippen LogP contribution < -0.4 is 0 Å². The third kappa shape index (κ3) is 1.56. The lowest BCUT2D eigenvalue weighted by Crippen LogP contribution is -1.77. The van der Waals surface area contributed by atoms with Crippen LogP contribution in [0.25, 0.3) is 4.98 Å². The highest BCUT2D eigenvalue weighted by Gasteiger charge is 1.96. The zero-order valence-corrected chi connectivity index (χ0v) is 5.91. The second-order valence-corrected chi connectivity index (χ2v) is 2.29. The van der Waals surface area contributed by atoms with E-state index in [9.17, 15) is 0 Å². The van der Waals surface area contributed by atoms with Crippen LogP contribution in [0.2, 0.25) is 0 Å². The molecule has 1 rings (SSSR count). The van der Waals surface area contributed by atoms with Crippen molar-refractivity contribution in [3.8, 4) is 0 Å². The van der Waals surface area contributed by atoms with Crippen LogP contribution in [0.1, 0.15) is 11.1 Å². The molecule has 0 aromatic heterocycles. The Bertz CT molecular complexity index is 243. The van der Waals surface area contributed by atoms with Crippen molar-refractivity contribution >= 4 is 0 Å². The van der Waals surface area contributed by atoms with Crippen molar-refractivity contribution in [1.29, 1.82) is 5.39 Å². The molecular formula is C8H9N2+. The SMILES string of the molecule is Cc1ccc(C[N+]#N)cc1. The van der Waals surface area contributed by atoms with Gasteiger partial charge in [0, 0.05) is 5.56 Å². The molecule has 50 valence electrons. The molecule has 1 aromatic carbocycles.